The van der Waals surface area contributed by atoms with Gasteiger partial charge in [-0.2, -0.15) is 0 Å². The largest absolute Gasteiger partial charge is 0.277 e. The van der Waals surface area contributed by atoms with Crippen LogP contribution in [0.5, 0.6) is 0 Å². The molecule has 0 bridgehead atoms. The van der Waals surface area contributed by atoms with E-state index in [1.54, 1.807) is 36.4 Å². The van der Waals surface area contributed by atoms with Gasteiger partial charge in [-0.15, -0.1) is 0 Å². The molecular weight excluding hydrogens is 628 g/mol. The molecule has 36 heavy (non-hydrogen) atoms. The standard InChI is InChI=1S/C26H18Br2N2O4S2/c27-21-15-23(29-35(31,32)25-13-5-9-17-7-1-3-11-19(17)25)24(16-22(21)28)30-36(33,34)26-14-6-10-18-8-2-4-12-20(18)26/h1-16,29-30H. The summed E-state index contributed by atoms with van der Waals surface area (Å²) in [6, 6.07) is 27.3. The van der Waals surface area contributed by atoms with Gasteiger partial charge >= 0.3 is 0 Å². The number of fused-ring (bicyclic) bond motifs is 2. The van der Waals surface area contributed by atoms with Crippen LogP contribution in [0.3, 0.4) is 0 Å². The molecule has 5 rings (SSSR count). The second-order valence-electron chi connectivity index (χ2n) is 7.98. The van der Waals surface area contributed by atoms with Crippen molar-refractivity contribution in [1.82, 2.24) is 0 Å². The molecule has 0 fully saturated rings. The van der Waals surface area contributed by atoms with E-state index in [-0.39, 0.29) is 21.2 Å². The van der Waals surface area contributed by atoms with Crippen molar-refractivity contribution in [3.05, 3.63) is 106 Å². The number of halogens is 2. The number of anilines is 2. The van der Waals surface area contributed by atoms with Crippen molar-refractivity contribution in [3.63, 3.8) is 0 Å². The Bertz CT molecular complexity index is 1710. The van der Waals surface area contributed by atoms with Crippen molar-refractivity contribution in [2.75, 3.05) is 9.44 Å². The first-order valence-electron chi connectivity index (χ1n) is 10.7. The van der Waals surface area contributed by atoms with Crippen LogP contribution in [0.15, 0.2) is 116 Å². The van der Waals surface area contributed by atoms with Gasteiger partial charge in [-0.25, -0.2) is 16.8 Å². The van der Waals surface area contributed by atoms with E-state index >= 15 is 0 Å². The molecular formula is C26H18Br2N2O4S2. The zero-order chi connectivity index (χ0) is 25.5. The summed E-state index contributed by atoms with van der Waals surface area (Å²) in [5.74, 6) is 0. The smallest absolute Gasteiger partial charge is 0.262 e. The lowest BCUT2D eigenvalue weighted by molar-refractivity contribution is 0.599. The molecule has 0 aliphatic carbocycles. The lowest BCUT2D eigenvalue weighted by Crippen LogP contribution is -2.18. The minimum atomic E-state index is -4.07. The number of benzene rings is 5. The third-order valence-electron chi connectivity index (χ3n) is 5.63. The highest BCUT2D eigenvalue weighted by atomic mass is 79.9. The SMILES string of the molecule is O=S(=O)(Nc1cc(Br)c(Br)cc1NS(=O)(=O)c1cccc2ccccc12)c1cccc2ccccc12. The summed E-state index contributed by atoms with van der Waals surface area (Å²) in [6.45, 7) is 0. The fraction of sp³-hybridized carbons (Fsp3) is 0. The average molecular weight is 646 g/mol. The van der Waals surface area contributed by atoms with E-state index in [0.717, 1.165) is 10.8 Å². The van der Waals surface area contributed by atoms with Gasteiger partial charge in [-0.1, -0.05) is 72.8 Å². The second-order valence-corrected chi connectivity index (χ2v) is 13.0. The molecule has 0 heterocycles. The zero-order valence-corrected chi connectivity index (χ0v) is 23.2. The molecule has 0 saturated heterocycles. The van der Waals surface area contributed by atoms with Gasteiger partial charge in [0.05, 0.1) is 21.2 Å². The van der Waals surface area contributed by atoms with E-state index < -0.39 is 20.0 Å². The Labute approximate surface area is 225 Å². The van der Waals surface area contributed by atoms with Crippen LogP contribution in [-0.4, -0.2) is 16.8 Å². The maximum absolute atomic E-state index is 13.5. The van der Waals surface area contributed by atoms with Gasteiger partial charge < -0.3 is 0 Å². The first-order chi connectivity index (χ1) is 17.2. The molecule has 0 unspecified atom stereocenters. The fourth-order valence-corrected chi connectivity index (χ4v) is 7.26. The topological polar surface area (TPSA) is 92.3 Å². The molecule has 0 aliphatic rings. The summed E-state index contributed by atoms with van der Waals surface area (Å²) >= 11 is 6.76. The maximum Gasteiger partial charge on any atom is 0.262 e. The third-order valence-corrected chi connectivity index (χ3v) is 10.3. The Balaban J connectivity index is 1.59. The Morgan fingerprint density at radius 1 is 0.500 bits per heavy atom. The molecule has 10 heteroatoms. The van der Waals surface area contributed by atoms with Crippen molar-refractivity contribution in [2.24, 2.45) is 0 Å². The molecule has 0 atom stereocenters. The van der Waals surface area contributed by atoms with Crippen LogP contribution in [0.2, 0.25) is 0 Å². The van der Waals surface area contributed by atoms with Crippen LogP contribution >= 0.6 is 31.9 Å². The van der Waals surface area contributed by atoms with E-state index in [0.29, 0.717) is 19.7 Å². The molecule has 0 aromatic heterocycles. The predicted molar refractivity (Wildman–Crippen MR) is 151 cm³/mol. The lowest BCUT2D eigenvalue weighted by atomic mass is 10.1. The molecule has 0 radical (unpaired) electrons. The highest BCUT2D eigenvalue weighted by Gasteiger charge is 2.23. The first kappa shape index (κ1) is 24.8. The molecule has 0 saturated carbocycles. The van der Waals surface area contributed by atoms with E-state index in [4.69, 9.17) is 0 Å². The Kier molecular flexibility index (Phi) is 6.54. The van der Waals surface area contributed by atoms with Crippen LogP contribution in [0.4, 0.5) is 11.4 Å². The van der Waals surface area contributed by atoms with E-state index in [1.165, 1.54) is 24.3 Å². The summed E-state index contributed by atoms with van der Waals surface area (Å²) in [4.78, 5) is 0.171. The van der Waals surface area contributed by atoms with Gasteiger partial charge in [0.25, 0.3) is 20.0 Å². The van der Waals surface area contributed by atoms with Gasteiger partial charge in [0.2, 0.25) is 0 Å². The predicted octanol–water partition coefficient (Wildman–Crippen LogP) is 7.12. The molecule has 0 aliphatic heterocycles. The summed E-state index contributed by atoms with van der Waals surface area (Å²) in [6.07, 6.45) is 0. The van der Waals surface area contributed by atoms with Crippen LogP contribution < -0.4 is 9.44 Å². The summed E-state index contributed by atoms with van der Waals surface area (Å²) in [5.41, 5.74) is 0.142. The van der Waals surface area contributed by atoms with E-state index in [2.05, 4.69) is 41.3 Å². The van der Waals surface area contributed by atoms with Crippen LogP contribution in [-0.2, 0) is 20.0 Å². The average Bonchev–Trinajstić information content (AvgIpc) is 2.86. The number of hydrogen-bond acceptors (Lipinski definition) is 4. The maximum atomic E-state index is 13.5. The molecule has 5 aromatic carbocycles. The Morgan fingerprint density at radius 2 is 0.861 bits per heavy atom. The van der Waals surface area contributed by atoms with Gasteiger partial charge in [0.1, 0.15) is 0 Å². The minimum Gasteiger partial charge on any atom is -0.277 e. The Morgan fingerprint density at radius 3 is 1.28 bits per heavy atom. The van der Waals surface area contributed by atoms with Crippen molar-refractivity contribution in [2.45, 2.75) is 9.79 Å². The number of hydrogen-bond donors (Lipinski definition) is 2. The van der Waals surface area contributed by atoms with Gasteiger partial charge in [-0.05, 0) is 66.9 Å². The molecule has 5 aromatic rings. The highest BCUT2D eigenvalue weighted by Crippen LogP contribution is 2.37. The van der Waals surface area contributed by atoms with Gasteiger partial charge in [0.15, 0.2) is 0 Å². The number of nitrogens with one attached hydrogen (secondary N) is 2. The van der Waals surface area contributed by atoms with Crippen molar-refractivity contribution >= 4 is 84.8 Å². The Hall–Kier alpha value is -2.92. The van der Waals surface area contributed by atoms with Crippen molar-refractivity contribution in [1.29, 1.82) is 0 Å². The van der Waals surface area contributed by atoms with Gasteiger partial charge in [0, 0.05) is 19.7 Å². The molecule has 0 spiro atoms. The summed E-state index contributed by atoms with van der Waals surface area (Å²) in [7, 11) is -8.14. The normalized spacial score (nSPS) is 12.1. The fourth-order valence-electron chi connectivity index (χ4n) is 3.98. The van der Waals surface area contributed by atoms with E-state index in [1.807, 2.05) is 36.4 Å². The summed E-state index contributed by atoms with van der Waals surface area (Å²) < 4.78 is 60.1. The molecule has 182 valence electrons. The van der Waals surface area contributed by atoms with Crippen LogP contribution in [0.25, 0.3) is 21.5 Å². The first-order valence-corrected chi connectivity index (χ1v) is 15.2. The molecule has 6 nitrogen and oxygen atoms in total. The van der Waals surface area contributed by atoms with Gasteiger partial charge in [-0.3, -0.25) is 9.44 Å². The summed E-state index contributed by atoms with van der Waals surface area (Å²) in [5, 5.41) is 2.66. The van der Waals surface area contributed by atoms with E-state index in [9.17, 15) is 16.8 Å². The highest BCUT2D eigenvalue weighted by molar-refractivity contribution is 9.13. The van der Waals surface area contributed by atoms with Crippen LogP contribution in [0, 0.1) is 0 Å². The number of rotatable bonds is 6. The lowest BCUT2D eigenvalue weighted by Gasteiger charge is -2.17. The quantitative estimate of drug-likeness (QED) is 0.206. The minimum absolute atomic E-state index is 0.0711. The number of sulfonamides is 2. The second kappa shape index (κ2) is 9.51. The molecule has 0 amide bonds. The monoisotopic (exact) mass is 644 g/mol. The zero-order valence-electron chi connectivity index (χ0n) is 18.4. The molecule has 2 N–H and O–H groups in total. The van der Waals surface area contributed by atoms with Crippen molar-refractivity contribution < 1.29 is 16.8 Å². The third kappa shape index (κ3) is 4.73. The van der Waals surface area contributed by atoms with Crippen molar-refractivity contribution in [3.8, 4) is 0 Å². The van der Waals surface area contributed by atoms with Crippen LogP contribution in [0.1, 0.15) is 0 Å².